The van der Waals surface area contributed by atoms with Crippen LogP contribution in [-0.2, 0) is 4.79 Å². The highest BCUT2D eigenvalue weighted by Crippen LogP contribution is 2.27. The normalized spacial score (nSPS) is 15.8. The first-order valence-electron chi connectivity index (χ1n) is 7.91. The predicted molar refractivity (Wildman–Crippen MR) is 95.2 cm³/mol. The van der Waals surface area contributed by atoms with E-state index in [2.05, 4.69) is 27.8 Å². The fourth-order valence-corrected chi connectivity index (χ4v) is 3.10. The van der Waals surface area contributed by atoms with Gasteiger partial charge in [0.25, 0.3) is 0 Å². The van der Waals surface area contributed by atoms with Gasteiger partial charge in [-0.1, -0.05) is 12.1 Å². The maximum Gasteiger partial charge on any atom is 0.223 e. The summed E-state index contributed by atoms with van der Waals surface area (Å²) in [7, 11) is 0. The third-order valence-electron chi connectivity index (χ3n) is 4.29. The van der Waals surface area contributed by atoms with E-state index in [9.17, 15) is 9.90 Å². The first kappa shape index (κ1) is 15.9. The summed E-state index contributed by atoms with van der Waals surface area (Å²) in [5, 5.41) is 13.8. The van der Waals surface area contributed by atoms with Crippen LogP contribution in [0.25, 0.3) is 10.9 Å². The van der Waals surface area contributed by atoms with Crippen molar-refractivity contribution in [2.24, 2.45) is 5.92 Å². The molecule has 1 saturated heterocycles. The summed E-state index contributed by atoms with van der Waals surface area (Å²) in [6.45, 7) is 2.21. The number of phenolic OH excluding ortho intramolecular Hbond substituents is 1. The lowest BCUT2D eigenvalue weighted by Crippen LogP contribution is -2.41. The van der Waals surface area contributed by atoms with Crippen LogP contribution in [0.5, 0.6) is 5.75 Å². The Morgan fingerprint density at radius 3 is 2.83 bits per heavy atom. The number of piperidine rings is 1. The number of para-hydroxylation sites is 1. The Morgan fingerprint density at radius 2 is 2.09 bits per heavy atom. The van der Waals surface area contributed by atoms with Crippen LogP contribution in [0.2, 0.25) is 0 Å². The molecule has 0 saturated carbocycles. The average molecular weight is 331 g/mol. The van der Waals surface area contributed by atoms with Gasteiger partial charge in [-0.05, 0) is 31.0 Å². The molecule has 122 valence electrons. The number of anilines is 1. The molecule has 0 aliphatic carbocycles. The standard InChI is InChI=1S/C17H21N3O2S/c21-14-3-1-2-12-4-5-15(19-16(12)14)20-9-6-13(7-10-20)17(22)18-8-11-23/h1-5,13,21,23H,6-11H2,(H,18,22). The smallest absolute Gasteiger partial charge is 0.223 e. The summed E-state index contributed by atoms with van der Waals surface area (Å²) in [5.74, 6) is 1.91. The number of fused-ring (bicyclic) bond motifs is 1. The van der Waals surface area contributed by atoms with E-state index in [-0.39, 0.29) is 17.6 Å². The molecule has 2 aromatic rings. The number of aromatic hydroxyl groups is 1. The molecule has 6 heteroatoms. The van der Waals surface area contributed by atoms with Crippen molar-refractivity contribution in [3.8, 4) is 5.75 Å². The van der Waals surface area contributed by atoms with E-state index < -0.39 is 0 Å². The van der Waals surface area contributed by atoms with Gasteiger partial charge >= 0.3 is 0 Å². The highest BCUT2D eigenvalue weighted by atomic mass is 32.1. The highest BCUT2D eigenvalue weighted by molar-refractivity contribution is 7.80. The number of carbonyl (C=O) groups excluding carboxylic acids is 1. The predicted octanol–water partition coefficient (Wildman–Crippen LogP) is 2.20. The molecule has 1 aliphatic heterocycles. The van der Waals surface area contributed by atoms with Gasteiger partial charge in [-0.3, -0.25) is 4.79 Å². The molecule has 1 aliphatic rings. The topological polar surface area (TPSA) is 65.5 Å². The molecular formula is C17H21N3O2S. The largest absolute Gasteiger partial charge is 0.506 e. The van der Waals surface area contributed by atoms with Crippen molar-refractivity contribution < 1.29 is 9.90 Å². The number of aromatic nitrogens is 1. The van der Waals surface area contributed by atoms with Crippen LogP contribution in [0, 0.1) is 5.92 Å². The minimum Gasteiger partial charge on any atom is -0.506 e. The number of phenols is 1. The number of nitrogens with zero attached hydrogens (tertiary/aromatic N) is 2. The van der Waals surface area contributed by atoms with E-state index in [0.29, 0.717) is 17.8 Å². The van der Waals surface area contributed by atoms with Crippen molar-refractivity contribution in [1.29, 1.82) is 0 Å². The zero-order chi connectivity index (χ0) is 16.2. The number of rotatable bonds is 4. The molecule has 1 fully saturated rings. The first-order chi connectivity index (χ1) is 11.2. The summed E-state index contributed by atoms with van der Waals surface area (Å²) < 4.78 is 0. The van der Waals surface area contributed by atoms with Crippen molar-refractivity contribution in [1.82, 2.24) is 10.3 Å². The Kier molecular flexibility index (Phi) is 4.91. The van der Waals surface area contributed by atoms with E-state index in [4.69, 9.17) is 0 Å². The maximum absolute atomic E-state index is 12.0. The molecule has 23 heavy (non-hydrogen) atoms. The molecular weight excluding hydrogens is 310 g/mol. The Labute approximate surface area is 141 Å². The molecule has 3 rings (SSSR count). The van der Waals surface area contributed by atoms with Crippen LogP contribution in [0.4, 0.5) is 5.82 Å². The SMILES string of the molecule is O=C(NCCS)C1CCN(c2ccc3cccc(O)c3n2)CC1. The molecule has 1 aromatic heterocycles. The summed E-state index contributed by atoms with van der Waals surface area (Å²) in [6, 6.07) is 9.35. The van der Waals surface area contributed by atoms with Gasteiger partial charge in [0.2, 0.25) is 5.91 Å². The second kappa shape index (κ2) is 7.08. The van der Waals surface area contributed by atoms with Crippen molar-refractivity contribution in [3.63, 3.8) is 0 Å². The molecule has 0 atom stereocenters. The van der Waals surface area contributed by atoms with Crippen molar-refractivity contribution >= 4 is 35.3 Å². The highest BCUT2D eigenvalue weighted by Gasteiger charge is 2.25. The third-order valence-corrected chi connectivity index (χ3v) is 4.51. The number of thiol groups is 1. The number of benzene rings is 1. The Bertz CT molecular complexity index is 699. The number of pyridine rings is 1. The minimum atomic E-state index is 0.0694. The fourth-order valence-electron chi connectivity index (χ4n) is 2.99. The van der Waals surface area contributed by atoms with Crippen molar-refractivity contribution in [3.05, 3.63) is 30.3 Å². The van der Waals surface area contributed by atoms with E-state index in [0.717, 1.165) is 37.1 Å². The van der Waals surface area contributed by atoms with Crippen LogP contribution in [-0.4, -0.2) is 41.4 Å². The second-order valence-corrected chi connectivity index (χ2v) is 6.24. The summed E-state index contributed by atoms with van der Waals surface area (Å²) in [5.41, 5.74) is 0.624. The van der Waals surface area contributed by atoms with E-state index in [1.165, 1.54) is 0 Å². The Morgan fingerprint density at radius 1 is 1.30 bits per heavy atom. The van der Waals surface area contributed by atoms with Crippen LogP contribution >= 0.6 is 12.6 Å². The van der Waals surface area contributed by atoms with Gasteiger partial charge in [0, 0.05) is 36.7 Å². The summed E-state index contributed by atoms with van der Waals surface area (Å²) >= 11 is 4.11. The van der Waals surface area contributed by atoms with Gasteiger partial charge in [0.15, 0.2) is 0 Å². The maximum atomic E-state index is 12.0. The summed E-state index contributed by atoms with van der Waals surface area (Å²) in [4.78, 5) is 18.8. The number of amides is 1. The number of nitrogens with one attached hydrogen (secondary N) is 1. The van der Waals surface area contributed by atoms with Gasteiger partial charge < -0.3 is 15.3 Å². The van der Waals surface area contributed by atoms with Gasteiger partial charge in [-0.15, -0.1) is 0 Å². The van der Waals surface area contributed by atoms with Crippen molar-refractivity contribution in [2.45, 2.75) is 12.8 Å². The van der Waals surface area contributed by atoms with E-state index >= 15 is 0 Å². The quantitative estimate of drug-likeness (QED) is 0.752. The zero-order valence-electron chi connectivity index (χ0n) is 12.9. The monoisotopic (exact) mass is 331 g/mol. The Hall–Kier alpha value is -1.95. The molecule has 1 amide bonds. The summed E-state index contributed by atoms with van der Waals surface area (Å²) in [6.07, 6.45) is 1.64. The molecule has 0 bridgehead atoms. The van der Waals surface area contributed by atoms with Gasteiger partial charge in [0.05, 0.1) is 0 Å². The van der Waals surface area contributed by atoms with Crippen LogP contribution in [0.1, 0.15) is 12.8 Å². The van der Waals surface area contributed by atoms with Crippen molar-refractivity contribution in [2.75, 3.05) is 30.3 Å². The van der Waals surface area contributed by atoms with Crippen LogP contribution < -0.4 is 10.2 Å². The first-order valence-corrected chi connectivity index (χ1v) is 8.54. The zero-order valence-corrected chi connectivity index (χ0v) is 13.8. The van der Waals surface area contributed by atoms with Crippen LogP contribution in [0.3, 0.4) is 0 Å². The Balaban J connectivity index is 1.68. The molecule has 0 spiro atoms. The van der Waals surface area contributed by atoms with E-state index in [1.54, 1.807) is 6.07 Å². The van der Waals surface area contributed by atoms with Gasteiger partial charge in [-0.2, -0.15) is 12.6 Å². The number of hydrogen-bond acceptors (Lipinski definition) is 5. The third kappa shape index (κ3) is 3.52. The molecule has 2 heterocycles. The fraction of sp³-hybridized carbons (Fsp3) is 0.412. The number of carbonyl (C=O) groups is 1. The molecule has 1 aromatic carbocycles. The van der Waals surface area contributed by atoms with Crippen LogP contribution in [0.15, 0.2) is 30.3 Å². The number of hydrogen-bond donors (Lipinski definition) is 3. The lowest BCUT2D eigenvalue weighted by atomic mass is 9.96. The minimum absolute atomic E-state index is 0.0694. The van der Waals surface area contributed by atoms with E-state index in [1.807, 2.05) is 24.3 Å². The van der Waals surface area contributed by atoms with Gasteiger partial charge in [0.1, 0.15) is 17.1 Å². The molecule has 5 nitrogen and oxygen atoms in total. The second-order valence-electron chi connectivity index (χ2n) is 5.79. The molecule has 0 radical (unpaired) electrons. The molecule has 2 N–H and O–H groups in total. The van der Waals surface area contributed by atoms with Gasteiger partial charge in [-0.25, -0.2) is 4.98 Å². The lowest BCUT2D eigenvalue weighted by Gasteiger charge is -2.32. The lowest BCUT2D eigenvalue weighted by molar-refractivity contribution is -0.125. The average Bonchev–Trinajstić information content (AvgIpc) is 2.60. The molecule has 0 unspecified atom stereocenters.